The Morgan fingerprint density at radius 1 is 1.19 bits per heavy atom. The van der Waals surface area contributed by atoms with E-state index in [1.165, 1.54) is 10.8 Å². The van der Waals surface area contributed by atoms with Gasteiger partial charge < -0.3 is 10.2 Å². The maximum Gasteiger partial charge on any atom is 0.269 e. The fourth-order valence-electron chi connectivity index (χ4n) is 3.37. The van der Waals surface area contributed by atoms with Crippen molar-refractivity contribution in [3.05, 3.63) is 65.1 Å². The number of anilines is 2. The molecule has 26 heavy (non-hydrogen) atoms. The van der Waals surface area contributed by atoms with Gasteiger partial charge in [-0.05, 0) is 37.6 Å². The molecule has 6 heteroatoms. The van der Waals surface area contributed by atoms with Crippen molar-refractivity contribution in [2.24, 2.45) is 0 Å². The highest BCUT2D eigenvalue weighted by atomic mass is 16.2. The quantitative estimate of drug-likeness (QED) is 0.773. The van der Waals surface area contributed by atoms with Gasteiger partial charge in [-0.1, -0.05) is 24.3 Å². The fourth-order valence-corrected chi connectivity index (χ4v) is 3.37. The molecule has 0 bridgehead atoms. The molecule has 3 aromatic rings. The minimum atomic E-state index is -0.272. The Balaban J connectivity index is 1.72. The molecule has 0 fully saturated rings. The maximum absolute atomic E-state index is 13.1. The van der Waals surface area contributed by atoms with Crippen LogP contribution in [-0.4, -0.2) is 28.0 Å². The first-order valence-electron chi connectivity index (χ1n) is 8.74. The third-order valence-electron chi connectivity index (χ3n) is 4.73. The molecule has 2 heterocycles. The second kappa shape index (κ2) is 6.63. The molecule has 1 aromatic heterocycles. The van der Waals surface area contributed by atoms with Gasteiger partial charge >= 0.3 is 0 Å². The minimum absolute atomic E-state index is 0.00934. The maximum atomic E-state index is 13.1. The predicted molar refractivity (Wildman–Crippen MR) is 102 cm³/mol. The SMILES string of the molecule is C[C@@H]1CCN(C(=O)Cn2c(=O)cnc3ccccc32)c2ccccc2N1. The third-order valence-corrected chi connectivity index (χ3v) is 4.73. The Labute approximate surface area is 151 Å². The van der Waals surface area contributed by atoms with Gasteiger partial charge in [0, 0.05) is 12.6 Å². The molecule has 1 aliphatic heterocycles. The van der Waals surface area contributed by atoms with Gasteiger partial charge in [-0.25, -0.2) is 4.98 Å². The fraction of sp³-hybridized carbons (Fsp3) is 0.250. The van der Waals surface area contributed by atoms with Crippen molar-refractivity contribution in [3.63, 3.8) is 0 Å². The van der Waals surface area contributed by atoms with E-state index in [9.17, 15) is 9.59 Å². The summed E-state index contributed by atoms with van der Waals surface area (Å²) in [6, 6.07) is 15.4. The summed E-state index contributed by atoms with van der Waals surface area (Å²) < 4.78 is 1.50. The Morgan fingerprint density at radius 3 is 2.85 bits per heavy atom. The van der Waals surface area contributed by atoms with Crippen LogP contribution in [0.5, 0.6) is 0 Å². The van der Waals surface area contributed by atoms with Crippen LogP contribution in [0.4, 0.5) is 11.4 Å². The van der Waals surface area contributed by atoms with Crippen LogP contribution in [0.1, 0.15) is 13.3 Å². The van der Waals surface area contributed by atoms with Gasteiger partial charge in [0.2, 0.25) is 5.91 Å². The Morgan fingerprint density at radius 2 is 1.96 bits per heavy atom. The van der Waals surface area contributed by atoms with Gasteiger partial charge in [0.1, 0.15) is 6.54 Å². The van der Waals surface area contributed by atoms with E-state index in [4.69, 9.17) is 0 Å². The number of para-hydroxylation sites is 4. The van der Waals surface area contributed by atoms with Crippen molar-refractivity contribution in [1.29, 1.82) is 0 Å². The number of carbonyl (C=O) groups is 1. The molecular weight excluding hydrogens is 328 g/mol. The Kier molecular flexibility index (Phi) is 4.16. The van der Waals surface area contributed by atoms with E-state index in [2.05, 4.69) is 17.2 Å². The molecular formula is C20H20N4O2. The van der Waals surface area contributed by atoms with Crippen LogP contribution in [0.2, 0.25) is 0 Å². The number of hydrogen-bond donors (Lipinski definition) is 1. The van der Waals surface area contributed by atoms with Crippen LogP contribution in [-0.2, 0) is 11.3 Å². The van der Waals surface area contributed by atoms with Crippen molar-refractivity contribution in [2.45, 2.75) is 25.9 Å². The highest BCUT2D eigenvalue weighted by Crippen LogP contribution is 2.30. The standard InChI is InChI=1S/C20H20N4O2/c1-14-10-11-23(18-9-5-3-7-16(18)22-14)20(26)13-24-17-8-4-2-6-15(17)21-12-19(24)25/h2-9,12,14,22H,10-11,13H2,1H3/t14-/m1/s1. The van der Waals surface area contributed by atoms with E-state index in [1.807, 2.05) is 48.5 Å². The van der Waals surface area contributed by atoms with Crippen molar-refractivity contribution < 1.29 is 4.79 Å². The van der Waals surface area contributed by atoms with Crippen molar-refractivity contribution in [2.75, 3.05) is 16.8 Å². The summed E-state index contributed by atoms with van der Waals surface area (Å²) in [5.41, 5.74) is 2.90. The average Bonchev–Trinajstić information content (AvgIpc) is 2.82. The predicted octanol–water partition coefficient (Wildman–Crippen LogP) is 2.63. The highest BCUT2D eigenvalue weighted by molar-refractivity contribution is 5.97. The zero-order valence-electron chi connectivity index (χ0n) is 14.6. The van der Waals surface area contributed by atoms with Crippen molar-refractivity contribution >= 4 is 28.3 Å². The number of benzene rings is 2. The number of aromatic nitrogens is 2. The van der Waals surface area contributed by atoms with Crippen LogP contribution in [0.25, 0.3) is 11.0 Å². The van der Waals surface area contributed by atoms with Gasteiger partial charge in [0.05, 0.1) is 28.6 Å². The van der Waals surface area contributed by atoms with Gasteiger partial charge in [0.25, 0.3) is 5.56 Å². The highest BCUT2D eigenvalue weighted by Gasteiger charge is 2.24. The molecule has 4 rings (SSSR count). The van der Waals surface area contributed by atoms with E-state index in [1.54, 1.807) is 4.90 Å². The average molecular weight is 348 g/mol. The summed E-state index contributed by atoms with van der Waals surface area (Å²) in [5, 5.41) is 3.44. The number of nitrogens with zero attached hydrogens (tertiary/aromatic N) is 3. The first kappa shape index (κ1) is 16.3. The van der Waals surface area contributed by atoms with E-state index >= 15 is 0 Å². The molecule has 6 nitrogen and oxygen atoms in total. The lowest BCUT2D eigenvalue weighted by atomic mass is 10.2. The van der Waals surface area contributed by atoms with Crippen LogP contribution in [0, 0.1) is 0 Å². The van der Waals surface area contributed by atoms with E-state index in [-0.39, 0.29) is 24.1 Å². The van der Waals surface area contributed by atoms with E-state index in [0.717, 1.165) is 17.8 Å². The molecule has 132 valence electrons. The summed E-state index contributed by atoms with van der Waals surface area (Å²) in [7, 11) is 0. The van der Waals surface area contributed by atoms with Crippen LogP contribution >= 0.6 is 0 Å². The lowest BCUT2D eigenvalue weighted by Gasteiger charge is -2.23. The lowest BCUT2D eigenvalue weighted by Crippen LogP contribution is -2.37. The zero-order valence-corrected chi connectivity index (χ0v) is 14.6. The van der Waals surface area contributed by atoms with E-state index < -0.39 is 0 Å². The van der Waals surface area contributed by atoms with Gasteiger partial charge in [-0.2, -0.15) is 0 Å². The number of carbonyl (C=O) groups excluding carboxylic acids is 1. The molecule has 1 atom stereocenters. The molecule has 0 aliphatic carbocycles. The lowest BCUT2D eigenvalue weighted by molar-refractivity contribution is -0.119. The Bertz CT molecular complexity index is 1030. The van der Waals surface area contributed by atoms with Gasteiger partial charge in [-0.15, -0.1) is 0 Å². The topological polar surface area (TPSA) is 67.2 Å². The third kappa shape index (κ3) is 2.94. The summed E-state index contributed by atoms with van der Waals surface area (Å²) in [5.74, 6) is -0.105. The normalized spacial score (nSPS) is 16.7. The zero-order chi connectivity index (χ0) is 18.1. The number of nitrogens with one attached hydrogen (secondary N) is 1. The van der Waals surface area contributed by atoms with Gasteiger partial charge in [-0.3, -0.25) is 14.2 Å². The number of hydrogen-bond acceptors (Lipinski definition) is 4. The first-order chi connectivity index (χ1) is 12.6. The largest absolute Gasteiger partial charge is 0.381 e. The van der Waals surface area contributed by atoms with Crippen molar-refractivity contribution in [3.8, 4) is 0 Å². The molecule has 0 unspecified atom stereocenters. The van der Waals surface area contributed by atoms with E-state index in [0.29, 0.717) is 17.6 Å². The smallest absolute Gasteiger partial charge is 0.269 e. The number of amides is 1. The van der Waals surface area contributed by atoms with Crippen LogP contribution < -0.4 is 15.8 Å². The van der Waals surface area contributed by atoms with Crippen LogP contribution in [0.3, 0.4) is 0 Å². The van der Waals surface area contributed by atoms with Crippen LogP contribution in [0.15, 0.2) is 59.5 Å². The second-order valence-electron chi connectivity index (χ2n) is 6.57. The number of rotatable bonds is 2. The molecule has 1 aliphatic rings. The molecule has 1 N–H and O–H groups in total. The molecule has 0 saturated carbocycles. The number of fused-ring (bicyclic) bond motifs is 2. The van der Waals surface area contributed by atoms with Gasteiger partial charge in [0.15, 0.2) is 0 Å². The molecule has 0 saturated heterocycles. The second-order valence-corrected chi connectivity index (χ2v) is 6.57. The molecule has 0 spiro atoms. The summed E-state index contributed by atoms with van der Waals surface area (Å²) in [4.78, 5) is 31.4. The summed E-state index contributed by atoms with van der Waals surface area (Å²) in [6.45, 7) is 2.71. The molecule has 0 radical (unpaired) electrons. The first-order valence-corrected chi connectivity index (χ1v) is 8.74. The minimum Gasteiger partial charge on any atom is -0.381 e. The monoisotopic (exact) mass is 348 g/mol. The van der Waals surface area contributed by atoms with Crippen molar-refractivity contribution in [1.82, 2.24) is 9.55 Å². The summed E-state index contributed by atoms with van der Waals surface area (Å²) in [6.07, 6.45) is 2.11. The Hall–Kier alpha value is -3.15. The molecule has 2 aromatic carbocycles. The molecule has 1 amide bonds. The summed E-state index contributed by atoms with van der Waals surface area (Å²) >= 11 is 0.